The molecule has 1 aliphatic heterocycles. The number of rotatable bonds is 33. The summed E-state index contributed by atoms with van der Waals surface area (Å²) in [6.07, 6.45) is 23.3. The summed E-state index contributed by atoms with van der Waals surface area (Å²) in [5, 5.41) is 0. The molecule has 1 heterocycles. The topological polar surface area (TPSA) is 120 Å². The molecule has 0 saturated carbocycles. The molecule has 0 aliphatic carbocycles. The van der Waals surface area contributed by atoms with Crippen molar-refractivity contribution in [3.8, 4) is 0 Å². The Balaban J connectivity index is 2.42. The molecule has 0 N–H and O–H groups in total. The van der Waals surface area contributed by atoms with Gasteiger partial charge < -0.3 is 28.8 Å². The van der Waals surface area contributed by atoms with Gasteiger partial charge >= 0.3 is 17.9 Å². The maximum atomic E-state index is 13.1. The molecule has 0 aromatic heterocycles. The lowest BCUT2D eigenvalue weighted by Gasteiger charge is -2.23. The van der Waals surface area contributed by atoms with Crippen molar-refractivity contribution >= 4 is 29.6 Å². The fourth-order valence-electron chi connectivity index (χ4n) is 6.72. The Morgan fingerprint density at radius 3 is 1.79 bits per heavy atom. The quantitative estimate of drug-likeness (QED) is 0.0370. The second-order valence-corrected chi connectivity index (χ2v) is 15.3. The molecular formula is C42H76N2O8. The van der Waals surface area contributed by atoms with E-state index < -0.39 is 18.1 Å². The number of nitrogens with zero attached hydrogens (tertiary/aromatic N) is 2. The molecule has 0 radical (unpaired) electrons. The minimum absolute atomic E-state index is 0.0442. The Bertz CT molecular complexity index is 971. The summed E-state index contributed by atoms with van der Waals surface area (Å²) in [6, 6.07) is -0.788. The number of hydrogen-bond acceptors (Lipinski definition) is 9. The number of hydrogen-bond donors (Lipinski definition) is 0. The summed E-state index contributed by atoms with van der Waals surface area (Å²) in [7, 11) is 3.76. The van der Waals surface area contributed by atoms with Crippen molar-refractivity contribution in [2.75, 3.05) is 33.8 Å². The summed E-state index contributed by atoms with van der Waals surface area (Å²) in [4.78, 5) is 65.9. The molecule has 1 saturated heterocycles. The number of amides is 1. The Labute approximate surface area is 316 Å². The lowest BCUT2D eigenvalue weighted by atomic mass is 10.0. The molecule has 1 unspecified atom stereocenters. The number of carbonyl (C=O) groups excluding carboxylic acids is 5. The monoisotopic (exact) mass is 737 g/mol. The Morgan fingerprint density at radius 2 is 1.19 bits per heavy atom. The lowest BCUT2D eigenvalue weighted by molar-refractivity contribution is -0.153. The molecule has 10 nitrogen and oxygen atoms in total. The van der Waals surface area contributed by atoms with Gasteiger partial charge in [0.2, 0.25) is 5.91 Å². The first-order valence-electron chi connectivity index (χ1n) is 21.1. The summed E-state index contributed by atoms with van der Waals surface area (Å²) < 4.78 is 17.2. The second-order valence-electron chi connectivity index (χ2n) is 15.3. The van der Waals surface area contributed by atoms with Crippen LogP contribution in [0.2, 0.25) is 0 Å². The normalized spacial score (nSPS) is 15.7. The van der Waals surface area contributed by atoms with E-state index in [-0.39, 0.29) is 62.1 Å². The number of unbranched alkanes of at least 4 members (excludes halogenated alkanes) is 15. The summed E-state index contributed by atoms with van der Waals surface area (Å²) in [6.45, 7) is 6.98. The van der Waals surface area contributed by atoms with Crippen LogP contribution in [0.15, 0.2) is 0 Å². The highest BCUT2D eigenvalue weighted by Gasteiger charge is 2.42. The van der Waals surface area contributed by atoms with Crippen LogP contribution in [0, 0.1) is 0 Å². The summed E-state index contributed by atoms with van der Waals surface area (Å²) >= 11 is 0. The van der Waals surface area contributed by atoms with Crippen LogP contribution in [-0.2, 0) is 38.2 Å². The van der Waals surface area contributed by atoms with E-state index in [9.17, 15) is 24.0 Å². The molecule has 0 aromatic rings. The third-order valence-electron chi connectivity index (χ3n) is 9.91. The molecular weight excluding hydrogens is 660 g/mol. The summed E-state index contributed by atoms with van der Waals surface area (Å²) in [5.74, 6) is -0.998. The summed E-state index contributed by atoms with van der Waals surface area (Å²) in [5.41, 5.74) is 0. The van der Waals surface area contributed by atoms with Crippen LogP contribution in [0.5, 0.6) is 0 Å². The van der Waals surface area contributed by atoms with Crippen molar-refractivity contribution in [1.82, 2.24) is 9.80 Å². The molecule has 0 spiro atoms. The SMILES string of the molecule is CCCCCCCCC(CCCCCCCC)OC(=O)CCCCCCCOC(=O)[C@@H]1CC(OC(=O)CCN(C)C)CN1C(=O)CCCCC(C)=O. The van der Waals surface area contributed by atoms with Gasteiger partial charge in [0, 0.05) is 32.2 Å². The van der Waals surface area contributed by atoms with Crippen molar-refractivity contribution in [2.45, 2.75) is 206 Å². The standard InChI is InChI=1S/C42H76N2O8/c1-6-8-10-12-15-19-26-36(27-20-16-13-11-9-7-2)51-40(47)29-21-17-14-18-24-32-50-42(49)38-33-37(52-41(48)30-31-43(4)5)34-44(38)39(46)28-23-22-25-35(3)45/h36-38H,6-34H2,1-5H3/t37?,38-/m0/s1. The van der Waals surface area contributed by atoms with Crippen LogP contribution >= 0.6 is 0 Å². The number of Topliss-reactive ketones (excluding diaryl/α,β-unsaturated/α-hetero) is 1. The second kappa shape index (κ2) is 30.9. The number of esters is 3. The predicted octanol–water partition coefficient (Wildman–Crippen LogP) is 8.90. The third-order valence-corrected chi connectivity index (χ3v) is 9.91. The fraction of sp³-hybridized carbons (Fsp3) is 0.881. The first-order chi connectivity index (χ1) is 25.1. The molecule has 0 aromatic carbocycles. The maximum Gasteiger partial charge on any atom is 0.329 e. The Hall–Kier alpha value is -2.49. The van der Waals surface area contributed by atoms with Gasteiger partial charge in [0.05, 0.1) is 19.6 Å². The minimum atomic E-state index is -0.788. The van der Waals surface area contributed by atoms with E-state index in [0.717, 1.165) is 51.4 Å². The number of ether oxygens (including phenoxy) is 3. The minimum Gasteiger partial charge on any atom is -0.464 e. The van der Waals surface area contributed by atoms with Crippen molar-refractivity contribution in [2.24, 2.45) is 0 Å². The first-order valence-corrected chi connectivity index (χ1v) is 21.1. The van der Waals surface area contributed by atoms with E-state index in [2.05, 4.69) is 13.8 Å². The van der Waals surface area contributed by atoms with Crippen molar-refractivity contribution < 1.29 is 38.2 Å². The van der Waals surface area contributed by atoms with E-state index in [0.29, 0.717) is 38.6 Å². The maximum absolute atomic E-state index is 13.1. The van der Waals surface area contributed by atoms with Crippen LogP contribution in [0.3, 0.4) is 0 Å². The molecule has 0 bridgehead atoms. The van der Waals surface area contributed by atoms with E-state index in [1.165, 1.54) is 76.0 Å². The van der Waals surface area contributed by atoms with Gasteiger partial charge in [0.1, 0.15) is 24.0 Å². The molecule has 10 heteroatoms. The Morgan fingerprint density at radius 1 is 0.654 bits per heavy atom. The van der Waals surface area contributed by atoms with Gasteiger partial charge in [-0.3, -0.25) is 14.4 Å². The lowest BCUT2D eigenvalue weighted by Crippen LogP contribution is -2.41. The first kappa shape index (κ1) is 47.5. The van der Waals surface area contributed by atoms with Gasteiger partial charge in [0.25, 0.3) is 0 Å². The molecule has 1 amide bonds. The number of ketones is 1. The number of likely N-dealkylation sites (tertiary alicyclic amines) is 1. The zero-order valence-electron chi connectivity index (χ0n) is 33.9. The smallest absolute Gasteiger partial charge is 0.329 e. The predicted molar refractivity (Wildman–Crippen MR) is 207 cm³/mol. The highest BCUT2D eigenvalue weighted by Crippen LogP contribution is 2.24. The van der Waals surface area contributed by atoms with Crippen LogP contribution in [0.4, 0.5) is 0 Å². The van der Waals surface area contributed by atoms with Crippen LogP contribution in [-0.4, -0.2) is 91.4 Å². The van der Waals surface area contributed by atoms with E-state index in [4.69, 9.17) is 14.2 Å². The van der Waals surface area contributed by atoms with Gasteiger partial charge in [-0.1, -0.05) is 97.3 Å². The van der Waals surface area contributed by atoms with Crippen molar-refractivity contribution in [3.05, 3.63) is 0 Å². The molecule has 1 aliphatic rings. The molecule has 1 fully saturated rings. The van der Waals surface area contributed by atoms with Gasteiger partial charge in [-0.2, -0.15) is 0 Å². The van der Waals surface area contributed by atoms with Crippen LogP contribution < -0.4 is 0 Å². The van der Waals surface area contributed by atoms with Crippen molar-refractivity contribution in [1.29, 1.82) is 0 Å². The molecule has 302 valence electrons. The Kier molecular flexibility index (Phi) is 28.3. The van der Waals surface area contributed by atoms with E-state index >= 15 is 0 Å². The van der Waals surface area contributed by atoms with Crippen molar-refractivity contribution in [3.63, 3.8) is 0 Å². The molecule has 2 atom stereocenters. The third kappa shape index (κ3) is 24.7. The largest absolute Gasteiger partial charge is 0.464 e. The van der Waals surface area contributed by atoms with Gasteiger partial charge in [-0.15, -0.1) is 0 Å². The highest BCUT2D eigenvalue weighted by molar-refractivity contribution is 5.85. The zero-order chi connectivity index (χ0) is 38.4. The molecule has 52 heavy (non-hydrogen) atoms. The van der Waals surface area contributed by atoms with Gasteiger partial charge in [-0.25, -0.2) is 4.79 Å². The fourth-order valence-corrected chi connectivity index (χ4v) is 6.72. The van der Waals surface area contributed by atoms with E-state index in [1.54, 1.807) is 0 Å². The van der Waals surface area contributed by atoms with Gasteiger partial charge in [-0.05, 0) is 72.4 Å². The average molecular weight is 737 g/mol. The van der Waals surface area contributed by atoms with Gasteiger partial charge in [0.15, 0.2) is 0 Å². The zero-order valence-corrected chi connectivity index (χ0v) is 33.9. The molecule has 1 rings (SSSR count). The average Bonchev–Trinajstić information content (AvgIpc) is 3.53. The van der Waals surface area contributed by atoms with Crippen LogP contribution in [0.25, 0.3) is 0 Å². The van der Waals surface area contributed by atoms with E-state index in [1.807, 2.05) is 19.0 Å². The number of carbonyl (C=O) groups is 5. The van der Waals surface area contributed by atoms with Crippen LogP contribution in [0.1, 0.15) is 188 Å². The highest BCUT2D eigenvalue weighted by atomic mass is 16.6.